The van der Waals surface area contributed by atoms with Crippen molar-refractivity contribution in [2.75, 3.05) is 19.0 Å². The molecule has 1 aliphatic rings. The van der Waals surface area contributed by atoms with Gasteiger partial charge in [-0.3, -0.25) is 34.7 Å². The summed E-state index contributed by atoms with van der Waals surface area (Å²) in [6.07, 6.45) is 0. The minimum Gasteiger partial charge on any atom is -0.497 e. The Bertz CT molecular complexity index is 1510. The summed E-state index contributed by atoms with van der Waals surface area (Å²) in [5.41, 5.74) is 1.16. The van der Waals surface area contributed by atoms with E-state index in [9.17, 15) is 24.5 Å². The molecule has 0 saturated carbocycles. The SMILES string of the molecule is COc1cccc(-c2csc3nc(NC(=O)CN4C(=O)c5ccc([N+](=O)[O-])cc5C4=O)nn23)c1. The van der Waals surface area contributed by atoms with Gasteiger partial charge in [0.15, 0.2) is 0 Å². The predicted molar refractivity (Wildman–Crippen MR) is 120 cm³/mol. The first-order chi connectivity index (χ1) is 16.4. The number of amides is 3. The van der Waals surface area contributed by atoms with Gasteiger partial charge in [-0.1, -0.05) is 12.1 Å². The van der Waals surface area contributed by atoms with Gasteiger partial charge >= 0.3 is 0 Å². The van der Waals surface area contributed by atoms with Crippen LogP contribution in [0.2, 0.25) is 0 Å². The Morgan fingerprint density at radius 2 is 1.97 bits per heavy atom. The number of benzene rings is 2. The van der Waals surface area contributed by atoms with Crippen LogP contribution >= 0.6 is 11.3 Å². The molecule has 3 amide bonds. The third kappa shape index (κ3) is 3.53. The second kappa shape index (κ2) is 8.04. The number of carbonyl (C=O) groups is 3. The second-order valence-electron chi connectivity index (χ2n) is 7.21. The van der Waals surface area contributed by atoms with Crippen LogP contribution in [0.4, 0.5) is 11.6 Å². The molecule has 0 unspecified atom stereocenters. The topological polar surface area (TPSA) is 149 Å². The van der Waals surface area contributed by atoms with E-state index in [0.29, 0.717) is 10.7 Å². The van der Waals surface area contributed by atoms with Gasteiger partial charge in [-0.2, -0.15) is 4.98 Å². The first-order valence-electron chi connectivity index (χ1n) is 9.79. The van der Waals surface area contributed by atoms with E-state index < -0.39 is 29.2 Å². The molecule has 1 N–H and O–H groups in total. The summed E-state index contributed by atoms with van der Waals surface area (Å²) in [4.78, 5) is 53.5. The maximum Gasteiger partial charge on any atom is 0.270 e. The van der Waals surface area contributed by atoms with Gasteiger partial charge in [0, 0.05) is 23.1 Å². The van der Waals surface area contributed by atoms with Crippen LogP contribution in [0.15, 0.2) is 47.8 Å². The maximum atomic E-state index is 12.6. The molecule has 0 bridgehead atoms. The molecular formula is C21H14N6O6S. The number of nitro benzene ring substituents is 1. The van der Waals surface area contributed by atoms with Crippen LogP contribution in [-0.2, 0) is 4.79 Å². The number of hydrogen-bond acceptors (Lipinski definition) is 9. The molecule has 1 aliphatic heterocycles. The summed E-state index contributed by atoms with van der Waals surface area (Å²) in [5.74, 6) is -1.49. The van der Waals surface area contributed by atoms with Crippen molar-refractivity contribution < 1.29 is 24.0 Å². The Balaban J connectivity index is 1.33. The third-order valence-corrected chi connectivity index (χ3v) is 5.98. The number of imide groups is 1. The molecule has 0 fully saturated rings. The van der Waals surface area contributed by atoms with Crippen LogP contribution in [0.1, 0.15) is 20.7 Å². The van der Waals surface area contributed by atoms with Crippen molar-refractivity contribution in [3.8, 4) is 17.0 Å². The van der Waals surface area contributed by atoms with E-state index in [2.05, 4.69) is 15.4 Å². The molecule has 3 heterocycles. The Labute approximate surface area is 194 Å². The molecule has 13 heteroatoms. The first kappa shape index (κ1) is 21.2. The Kier molecular flexibility index (Phi) is 5.02. The molecule has 12 nitrogen and oxygen atoms in total. The van der Waals surface area contributed by atoms with Crippen molar-refractivity contribution >= 4 is 45.7 Å². The number of fused-ring (bicyclic) bond motifs is 2. The van der Waals surface area contributed by atoms with Gasteiger partial charge in [0.25, 0.3) is 23.5 Å². The lowest BCUT2D eigenvalue weighted by Crippen LogP contribution is -2.37. The molecule has 5 rings (SSSR count). The molecule has 2 aromatic carbocycles. The number of aromatic nitrogens is 3. The number of non-ortho nitro benzene ring substituents is 1. The molecular weight excluding hydrogens is 464 g/mol. The van der Waals surface area contributed by atoms with Crippen molar-refractivity contribution in [3.63, 3.8) is 0 Å². The fourth-order valence-corrected chi connectivity index (χ4v) is 4.39. The van der Waals surface area contributed by atoms with Gasteiger partial charge in [-0.25, -0.2) is 4.52 Å². The van der Waals surface area contributed by atoms with Gasteiger partial charge in [0.05, 0.1) is 28.9 Å². The quantitative estimate of drug-likeness (QED) is 0.252. The summed E-state index contributed by atoms with van der Waals surface area (Å²) < 4.78 is 6.82. The standard InChI is InChI=1S/C21H14N6O6S/c1-33-13-4-2-3-11(7-13)16-10-34-21-23-20(24-26(16)21)22-17(28)9-25-18(29)14-6-5-12(27(31)32)8-15(14)19(25)30/h2-8,10H,9H2,1H3,(H,22,24,28). The summed E-state index contributed by atoms with van der Waals surface area (Å²) in [7, 11) is 1.57. The minimum atomic E-state index is -0.780. The fourth-order valence-electron chi connectivity index (χ4n) is 3.56. The van der Waals surface area contributed by atoms with Crippen LogP contribution in [0.25, 0.3) is 16.2 Å². The number of hydrogen-bond donors (Lipinski definition) is 1. The molecule has 170 valence electrons. The van der Waals surface area contributed by atoms with E-state index in [-0.39, 0.29) is 22.8 Å². The highest BCUT2D eigenvalue weighted by atomic mass is 32.1. The maximum absolute atomic E-state index is 12.6. The number of rotatable bonds is 6. The molecule has 0 saturated heterocycles. The van der Waals surface area contributed by atoms with Crippen molar-refractivity contribution in [3.05, 3.63) is 69.1 Å². The lowest BCUT2D eigenvalue weighted by molar-refractivity contribution is -0.384. The Morgan fingerprint density at radius 3 is 2.74 bits per heavy atom. The van der Waals surface area contributed by atoms with E-state index in [0.717, 1.165) is 28.3 Å². The van der Waals surface area contributed by atoms with Crippen LogP contribution in [0.3, 0.4) is 0 Å². The average molecular weight is 478 g/mol. The number of nitro groups is 1. The highest BCUT2D eigenvalue weighted by Crippen LogP contribution is 2.29. The predicted octanol–water partition coefficient (Wildman–Crippen LogP) is 2.61. The average Bonchev–Trinajstić information content (AvgIpc) is 3.47. The number of thiazole rings is 1. The highest BCUT2D eigenvalue weighted by molar-refractivity contribution is 7.15. The van der Waals surface area contributed by atoms with Crippen molar-refractivity contribution in [2.24, 2.45) is 0 Å². The van der Waals surface area contributed by atoms with E-state index in [4.69, 9.17) is 4.74 Å². The zero-order valence-electron chi connectivity index (χ0n) is 17.4. The summed E-state index contributed by atoms with van der Waals surface area (Å²) >= 11 is 1.32. The zero-order chi connectivity index (χ0) is 24.0. The fraction of sp³-hybridized carbons (Fsp3) is 0.0952. The van der Waals surface area contributed by atoms with Crippen LogP contribution < -0.4 is 10.1 Å². The Hall–Kier alpha value is -4.65. The third-order valence-electron chi connectivity index (χ3n) is 5.17. The number of methoxy groups -OCH3 is 1. The van der Waals surface area contributed by atoms with Crippen molar-refractivity contribution in [2.45, 2.75) is 0 Å². The molecule has 0 radical (unpaired) electrons. The summed E-state index contributed by atoms with van der Waals surface area (Å²) in [5, 5.41) is 19.6. The minimum absolute atomic E-state index is 0.00645. The first-order valence-corrected chi connectivity index (χ1v) is 10.7. The van der Waals surface area contributed by atoms with Gasteiger partial charge < -0.3 is 4.74 Å². The van der Waals surface area contributed by atoms with E-state index in [1.54, 1.807) is 11.6 Å². The molecule has 0 aliphatic carbocycles. The highest BCUT2D eigenvalue weighted by Gasteiger charge is 2.38. The lowest BCUT2D eigenvalue weighted by Gasteiger charge is -2.12. The van der Waals surface area contributed by atoms with Gasteiger partial charge in [0.1, 0.15) is 12.3 Å². The number of nitrogens with one attached hydrogen (secondary N) is 1. The Morgan fingerprint density at radius 1 is 1.18 bits per heavy atom. The monoisotopic (exact) mass is 478 g/mol. The van der Waals surface area contributed by atoms with Crippen LogP contribution in [-0.4, -0.2) is 55.8 Å². The van der Waals surface area contributed by atoms with E-state index >= 15 is 0 Å². The van der Waals surface area contributed by atoms with E-state index in [1.807, 2.05) is 29.6 Å². The number of nitrogens with zero attached hydrogens (tertiary/aromatic N) is 5. The van der Waals surface area contributed by atoms with Crippen molar-refractivity contribution in [1.82, 2.24) is 19.5 Å². The zero-order valence-corrected chi connectivity index (χ0v) is 18.2. The molecule has 0 atom stereocenters. The number of carbonyl (C=O) groups excluding carboxylic acids is 3. The van der Waals surface area contributed by atoms with Crippen LogP contribution in [0.5, 0.6) is 5.75 Å². The van der Waals surface area contributed by atoms with Crippen molar-refractivity contribution in [1.29, 1.82) is 0 Å². The molecule has 2 aromatic heterocycles. The molecule has 4 aromatic rings. The van der Waals surface area contributed by atoms with E-state index in [1.165, 1.54) is 17.4 Å². The second-order valence-corrected chi connectivity index (χ2v) is 8.05. The summed E-state index contributed by atoms with van der Waals surface area (Å²) in [6.45, 7) is -0.588. The lowest BCUT2D eigenvalue weighted by atomic mass is 10.1. The summed E-state index contributed by atoms with van der Waals surface area (Å²) in [6, 6.07) is 10.8. The smallest absolute Gasteiger partial charge is 0.270 e. The van der Waals surface area contributed by atoms with Gasteiger partial charge in [-0.05, 0) is 18.2 Å². The normalized spacial score (nSPS) is 12.8. The number of anilines is 1. The number of ether oxygens (including phenoxy) is 1. The largest absolute Gasteiger partial charge is 0.497 e. The van der Waals surface area contributed by atoms with Gasteiger partial charge in [-0.15, -0.1) is 16.4 Å². The molecule has 34 heavy (non-hydrogen) atoms. The van der Waals surface area contributed by atoms with Gasteiger partial charge in [0.2, 0.25) is 10.9 Å². The molecule has 0 spiro atoms. The van der Waals surface area contributed by atoms with Crippen LogP contribution in [0, 0.1) is 10.1 Å².